The molecule has 2 heterocycles. The number of piperidine rings is 1. The highest BCUT2D eigenvalue weighted by molar-refractivity contribution is 7.13. The Kier molecular flexibility index (Phi) is 7.00. The molecule has 1 saturated carbocycles. The highest BCUT2D eigenvalue weighted by Crippen LogP contribution is 2.27. The smallest absolute Gasteiger partial charge is 0.315 e. The van der Waals surface area contributed by atoms with Crippen LogP contribution in [0.25, 0.3) is 10.6 Å². The Balaban J connectivity index is 1.18. The van der Waals surface area contributed by atoms with Gasteiger partial charge in [0.2, 0.25) is 5.91 Å². The molecule has 0 bridgehead atoms. The van der Waals surface area contributed by atoms with E-state index in [1.54, 1.807) is 11.3 Å². The second-order valence-electron chi connectivity index (χ2n) is 8.27. The first-order valence-corrected chi connectivity index (χ1v) is 11.9. The Hall–Kier alpha value is -2.41. The fraction of sp³-hybridized carbons (Fsp3) is 0.522. The first-order chi connectivity index (χ1) is 14.7. The van der Waals surface area contributed by atoms with E-state index in [4.69, 9.17) is 0 Å². The molecule has 30 heavy (non-hydrogen) atoms. The number of hydrogen-bond acceptors (Lipinski definition) is 4. The Morgan fingerprint density at radius 2 is 1.77 bits per heavy atom. The van der Waals surface area contributed by atoms with E-state index in [1.165, 1.54) is 19.3 Å². The van der Waals surface area contributed by atoms with Gasteiger partial charge < -0.3 is 15.5 Å². The number of urea groups is 1. The van der Waals surface area contributed by atoms with Crippen LogP contribution in [-0.4, -0.2) is 41.0 Å². The molecular weight excluding hydrogens is 396 g/mol. The standard InChI is InChI=1S/C23H30N4O2S/c28-22(18-9-5-2-6-10-18)27-13-11-19(12-14-27)26-23(29)24-15-20-16-30-21(25-20)17-7-3-1-4-8-17/h1,3-4,7-8,16,18-19H,2,5-6,9-15H2,(H2,24,26,29). The maximum Gasteiger partial charge on any atom is 0.315 e. The third kappa shape index (κ3) is 5.39. The monoisotopic (exact) mass is 426 g/mol. The van der Waals surface area contributed by atoms with Gasteiger partial charge in [0.25, 0.3) is 0 Å². The summed E-state index contributed by atoms with van der Waals surface area (Å²) in [5.74, 6) is 0.556. The van der Waals surface area contributed by atoms with Gasteiger partial charge in [-0.05, 0) is 25.7 Å². The van der Waals surface area contributed by atoms with Gasteiger partial charge in [-0.2, -0.15) is 0 Å². The van der Waals surface area contributed by atoms with Crippen LogP contribution in [0.5, 0.6) is 0 Å². The molecule has 1 aromatic carbocycles. The lowest BCUT2D eigenvalue weighted by molar-refractivity contribution is -0.137. The normalized spacial score (nSPS) is 18.2. The summed E-state index contributed by atoms with van der Waals surface area (Å²) in [6, 6.07) is 10.0. The van der Waals surface area contributed by atoms with Crippen LogP contribution >= 0.6 is 11.3 Å². The Labute approximate surface area is 182 Å². The summed E-state index contributed by atoms with van der Waals surface area (Å²) in [4.78, 5) is 31.6. The van der Waals surface area contributed by atoms with E-state index in [-0.39, 0.29) is 18.0 Å². The van der Waals surface area contributed by atoms with Crippen LogP contribution in [0.2, 0.25) is 0 Å². The third-order valence-electron chi connectivity index (χ3n) is 6.10. The SMILES string of the molecule is O=C(NCc1csc(-c2ccccc2)n1)NC1CCN(C(=O)C2CCCCC2)CC1. The van der Waals surface area contributed by atoms with Crippen LogP contribution in [0, 0.1) is 5.92 Å². The fourth-order valence-corrected chi connectivity index (χ4v) is 5.19. The van der Waals surface area contributed by atoms with Gasteiger partial charge in [0.05, 0.1) is 12.2 Å². The van der Waals surface area contributed by atoms with Gasteiger partial charge in [0.15, 0.2) is 0 Å². The number of nitrogens with one attached hydrogen (secondary N) is 2. The van der Waals surface area contributed by atoms with Crippen LogP contribution in [0.4, 0.5) is 4.79 Å². The molecule has 6 nitrogen and oxygen atoms in total. The van der Waals surface area contributed by atoms with Crippen LogP contribution in [-0.2, 0) is 11.3 Å². The molecule has 4 rings (SSSR count). The van der Waals surface area contributed by atoms with E-state index >= 15 is 0 Å². The summed E-state index contributed by atoms with van der Waals surface area (Å²) in [6.07, 6.45) is 7.35. The van der Waals surface area contributed by atoms with Crippen molar-refractivity contribution < 1.29 is 9.59 Å². The fourth-order valence-electron chi connectivity index (χ4n) is 4.36. The van der Waals surface area contributed by atoms with Gasteiger partial charge in [-0.1, -0.05) is 49.6 Å². The van der Waals surface area contributed by atoms with Crippen molar-refractivity contribution in [2.75, 3.05) is 13.1 Å². The molecule has 1 aliphatic carbocycles. The lowest BCUT2D eigenvalue weighted by Crippen LogP contribution is -2.50. The second kappa shape index (κ2) is 10.1. The van der Waals surface area contributed by atoms with Crippen molar-refractivity contribution in [3.8, 4) is 10.6 Å². The largest absolute Gasteiger partial charge is 0.342 e. The lowest BCUT2D eigenvalue weighted by atomic mass is 9.87. The predicted octanol–water partition coefficient (Wildman–Crippen LogP) is 4.18. The van der Waals surface area contributed by atoms with Crippen LogP contribution in [0.3, 0.4) is 0 Å². The summed E-state index contributed by atoms with van der Waals surface area (Å²) in [7, 11) is 0. The lowest BCUT2D eigenvalue weighted by Gasteiger charge is -2.35. The summed E-state index contributed by atoms with van der Waals surface area (Å²) >= 11 is 1.58. The molecule has 160 valence electrons. The van der Waals surface area contributed by atoms with Crippen molar-refractivity contribution in [1.29, 1.82) is 0 Å². The number of benzene rings is 1. The van der Waals surface area contributed by atoms with E-state index in [1.807, 2.05) is 40.6 Å². The zero-order valence-electron chi connectivity index (χ0n) is 17.3. The van der Waals surface area contributed by atoms with Crippen LogP contribution in [0.1, 0.15) is 50.6 Å². The molecule has 2 aromatic rings. The van der Waals surface area contributed by atoms with Gasteiger partial charge >= 0.3 is 6.03 Å². The van der Waals surface area contributed by atoms with Gasteiger partial charge in [-0.3, -0.25) is 4.79 Å². The minimum Gasteiger partial charge on any atom is -0.342 e. The zero-order valence-corrected chi connectivity index (χ0v) is 18.1. The Bertz CT molecular complexity index is 840. The maximum atomic E-state index is 12.7. The molecule has 0 unspecified atom stereocenters. The maximum absolute atomic E-state index is 12.7. The zero-order chi connectivity index (χ0) is 20.8. The van der Waals surface area contributed by atoms with Crippen LogP contribution < -0.4 is 10.6 Å². The van der Waals surface area contributed by atoms with E-state index in [0.717, 1.165) is 55.0 Å². The Morgan fingerprint density at radius 1 is 1.03 bits per heavy atom. The topological polar surface area (TPSA) is 74.3 Å². The van der Waals surface area contributed by atoms with Crippen molar-refractivity contribution in [1.82, 2.24) is 20.5 Å². The van der Waals surface area contributed by atoms with Gasteiger partial charge in [-0.25, -0.2) is 9.78 Å². The number of thiazole rings is 1. The van der Waals surface area contributed by atoms with E-state index < -0.39 is 0 Å². The summed E-state index contributed by atoms with van der Waals surface area (Å²) < 4.78 is 0. The molecule has 2 aliphatic rings. The van der Waals surface area contributed by atoms with E-state index in [0.29, 0.717) is 12.5 Å². The molecule has 0 radical (unpaired) electrons. The molecule has 0 spiro atoms. The number of hydrogen-bond donors (Lipinski definition) is 2. The molecule has 2 fully saturated rings. The van der Waals surface area contributed by atoms with Crippen molar-refractivity contribution in [3.63, 3.8) is 0 Å². The molecule has 1 aromatic heterocycles. The molecular formula is C23H30N4O2S. The minimum atomic E-state index is -0.165. The van der Waals surface area contributed by atoms with Gasteiger partial charge in [-0.15, -0.1) is 11.3 Å². The third-order valence-corrected chi connectivity index (χ3v) is 7.04. The first-order valence-electron chi connectivity index (χ1n) is 11.0. The number of aromatic nitrogens is 1. The molecule has 1 aliphatic heterocycles. The number of carbonyl (C=O) groups is 2. The van der Waals surface area contributed by atoms with E-state index in [2.05, 4.69) is 15.6 Å². The van der Waals surface area contributed by atoms with Crippen molar-refractivity contribution in [3.05, 3.63) is 41.4 Å². The predicted molar refractivity (Wildman–Crippen MR) is 119 cm³/mol. The number of amides is 3. The summed E-state index contributed by atoms with van der Waals surface area (Å²) in [6.45, 7) is 1.90. The van der Waals surface area contributed by atoms with Crippen molar-refractivity contribution in [2.45, 2.75) is 57.5 Å². The molecule has 7 heteroatoms. The van der Waals surface area contributed by atoms with Gasteiger partial charge in [0, 0.05) is 36.0 Å². The number of carbonyl (C=O) groups excluding carboxylic acids is 2. The molecule has 1 saturated heterocycles. The molecule has 2 N–H and O–H groups in total. The Morgan fingerprint density at radius 3 is 2.50 bits per heavy atom. The number of nitrogens with zero attached hydrogens (tertiary/aromatic N) is 2. The molecule has 0 atom stereocenters. The quantitative estimate of drug-likeness (QED) is 0.753. The summed E-state index contributed by atoms with van der Waals surface area (Å²) in [5.41, 5.74) is 1.95. The number of rotatable bonds is 5. The van der Waals surface area contributed by atoms with E-state index in [9.17, 15) is 9.59 Å². The first kappa shape index (κ1) is 20.8. The van der Waals surface area contributed by atoms with Crippen molar-refractivity contribution >= 4 is 23.3 Å². The second-order valence-corrected chi connectivity index (χ2v) is 9.13. The highest BCUT2D eigenvalue weighted by atomic mass is 32.1. The van der Waals surface area contributed by atoms with Gasteiger partial charge in [0.1, 0.15) is 5.01 Å². The highest BCUT2D eigenvalue weighted by Gasteiger charge is 2.29. The average Bonchev–Trinajstić information content (AvgIpc) is 3.28. The number of likely N-dealkylation sites (tertiary alicyclic amines) is 1. The average molecular weight is 427 g/mol. The summed E-state index contributed by atoms with van der Waals surface area (Å²) in [5, 5.41) is 8.91. The van der Waals surface area contributed by atoms with Crippen LogP contribution in [0.15, 0.2) is 35.7 Å². The van der Waals surface area contributed by atoms with Crippen molar-refractivity contribution in [2.24, 2.45) is 5.92 Å². The molecule has 3 amide bonds. The minimum absolute atomic E-state index is 0.121.